The number of nitrogens with zero attached hydrogens (tertiary/aromatic N) is 1. The first kappa shape index (κ1) is 66.9. The van der Waals surface area contributed by atoms with Crippen LogP contribution in [0.4, 0.5) is 0 Å². The number of aliphatic hydroxyl groups is 1. The number of phosphoric acid groups is 1. The Labute approximate surface area is 427 Å². The molecule has 0 aromatic heterocycles. The lowest BCUT2D eigenvalue weighted by Crippen LogP contribution is -2.45. The van der Waals surface area contributed by atoms with E-state index in [1.54, 1.807) is 6.08 Å². The third kappa shape index (κ3) is 53.6. The van der Waals surface area contributed by atoms with E-state index >= 15 is 0 Å². The van der Waals surface area contributed by atoms with E-state index in [1.165, 1.54) is 161 Å². The summed E-state index contributed by atoms with van der Waals surface area (Å²) in [4.78, 5) is 23.3. The van der Waals surface area contributed by atoms with Gasteiger partial charge < -0.3 is 19.8 Å². The van der Waals surface area contributed by atoms with Crippen molar-refractivity contribution in [2.24, 2.45) is 0 Å². The van der Waals surface area contributed by atoms with Crippen LogP contribution in [-0.2, 0) is 18.4 Å². The number of nitrogens with one attached hydrogen (secondary N) is 1. The molecule has 69 heavy (non-hydrogen) atoms. The zero-order valence-corrected chi connectivity index (χ0v) is 46.7. The topological polar surface area (TPSA) is 105 Å². The highest BCUT2D eigenvalue weighted by molar-refractivity contribution is 7.47. The molecule has 0 radical (unpaired) electrons. The molecular formula is C60H112N2O6P+. The summed E-state index contributed by atoms with van der Waals surface area (Å²) in [7, 11) is 1.53. The second-order valence-corrected chi connectivity index (χ2v) is 22.1. The molecule has 0 aromatic carbocycles. The molecule has 3 N–H and O–H groups in total. The monoisotopic (exact) mass is 988 g/mol. The van der Waals surface area contributed by atoms with E-state index in [-0.39, 0.29) is 19.1 Å². The van der Waals surface area contributed by atoms with Crippen LogP contribution in [0.25, 0.3) is 0 Å². The standard InChI is InChI=1S/C60H111N2O6P/c1-6-8-10-12-14-16-18-20-22-24-26-28-29-30-31-32-34-35-37-39-41-43-45-47-49-51-53-59(63)58(57-68-69(65,66)67-56-55-62(3,4)5)61-60(64)54-52-50-48-46-44-42-40-38-36-33-27-25-23-21-19-17-15-13-11-9-7-2/h19,21,25,27,35-38,43,45,51,53,58-59,63H,6-18,20,22-24,26,28-34,39-42,44,46-50,52,54-57H2,1-5H3,(H-,61,64,65,66)/p+1/b21-19-,27-25-,37-35+,38-36-,45-43+,53-51+. The fraction of sp³-hybridized carbons (Fsp3) is 0.783. The quantitative estimate of drug-likeness (QED) is 0.0243. The largest absolute Gasteiger partial charge is 0.472 e. The predicted octanol–water partition coefficient (Wildman–Crippen LogP) is 17.5. The summed E-state index contributed by atoms with van der Waals surface area (Å²) in [6.45, 7) is 4.78. The molecule has 3 unspecified atom stereocenters. The predicted molar refractivity (Wildman–Crippen MR) is 300 cm³/mol. The van der Waals surface area contributed by atoms with E-state index in [2.05, 4.69) is 79.9 Å². The molecule has 0 spiro atoms. The van der Waals surface area contributed by atoms with E-state index in [4.69, 9.17) is 9.05 Å². The van der Waals surface area contributed by atoms with Crippen molar-refractivity contribution in [3.05, 3.63) is 72.9 Å². The molecule has 0 heterocycles. The number of amides is 1. The van der Waals surface area contributed by atoms with Crippen LogP contribution >= 0.6 is 7.82 Å². The summed E-state index contributed by atoms with van der Waals surface area (Å²) in [5.41, 5.74) is 0. The van der Waals surface area contributed by atoms with E-state index < -0.39 is 20.0 Å². The number of quaternary nitrogens is 1. The molecule has 8 nitrogen and oxygen atoms in total. The number of unbranched alkanes of at least 4 members (excludes halogenated alkanes) is 29. The molecule has 0 rings (SSSR count). The fourth-order valence-corrected chi connectivity index (χ4v) is 8.82. The summed E-state index contributed by atoms with van der Waals surface area (Å²) < 4.78 is 23.7. The summed E-state index contributed by atoms with van der Waals surface area (Å²) in [5, 5.41) is 13.9. The number of carbonyl (C=O) groups excluding carboxylic acids is 1. The number of phosphoric ester groups is 1. The Morgan fingerprint density at radius 2 is 0.841 bits per heavy atom. The van der Waals surface area contributed by atoms with Crippen molar-refractivity contribution in [1.82, 2.24) is 5.32 Å². The highest BCUT2D eigenvalue weighted by Gasteiger charge is 2.27. The summed E-state index contributed by atoms with van der Waals surface area (Å²) in [6.07, 6.45) is 70.1. The van der Waals surface area contributed by atoms with Gasteiger partial charge in [0.05, 0.1) is 39.9 Å². The van der Waals surface area contributed by atoms with Gasteiger partial charge in [-0.05, 0) is 83.5 Å². The zero-order chi connectivity index (χ0) is 50.6. The van der Waals surface area contributed by atoms with Crippen molar-refractivity contribution < 1.29 is 32.9 Å². The van der Waals surface area contributed by atoms with Gasteiger partial charge >= 0.3 is 7.82 Å². The van der Waals surface area contributed by atoms with Gasteiger partial charge in [0.1, 0.15) is 13.2 Å². The van der Waals surface area contributed by atoms with Crippen LogP contribution in [0, 0.1) is 0 Å². The summed E-state index contributed by atoms with van der Waals surface area (Å²) in [5.74, 6) is -0.204. The van der Waals surface area contributed by atoms with Gasteiger partial charge in [0.25, 0.3) is 0 Å². The minimum absolute atomic E-state index is 0.0477. The number of likely N-dealkylation sites (N-methyl/N-ethyl adjacent to an activating group) is 1. The van der Waals surface area contributed by atoms with E-state index in [9.17, 15) is 19.4 Å². The average Bonchev–Trinajstić information content (AvgIpc) is 3.31. The Morgan fingerprint density at radius 1 is 0.493 bits per heavy atom. The first-order valence-electron chi connectivity index (χ1n) is 28.8. The van der Waals surface area contributed by atoms with Crippen molar-refractivity contribution in [2.45, 2.75) is 264 Å². The van der Waals surface area contributed by atoms with Gasteiger partial charge in [-0.25, -0.2) is 4.57 Å². The van der Waals surface area contributed by atoms with Crippen LogP contribution in [0.2, 0.25) is 0 Å². The molecule has 1 amide bonds. The second kappa shape index (κ2) is 50.9. The van der Waals surface area contributed by atoms with Gasteiger partial charge in [0, 0.05) is 6.42 Å². The lowest BCUT2D eigenvalue weighted by Gasteiger charge is -2.25. The molecule has 0 saturated heterocycles. The molecule has 0 aliphatic carbocycles. The molecule has 0 aliphatic heterocycles. The van der Waals surface area contributed by atoms with Crippen LogP contribution < -0.4 is 5.32 Å². The van der Waals surface area contributed by atoms with Crippen molar-refractivity contribution in [3.63, 3.8) is 0 Å². The lowest BCUT2D eigenvalue weighted by molar-refractivity contribution is -0.870. The SMILES string of the molecule is CCCCCCC/C=C\C/C=C\C/C=C\CCCCCCCCC(=O)NC(COP(=O)(O)OCC[N+](C)(C)C)C(O)/C=C/CC/C=C/CC/C=C/CCCCCCCCCCCCCCCCCC. The first-order chi connectivity index (χ1) is 33.5. The second-order valence-electron chi connectivity index (χ2n) is 20.6. The van der Waals surface area contributed by atoms with Crippen molar-refractivity contribution in [2.75, 3.05) is 40.9 Å². The Kier molecular flexibility index (Phi) is 49.3. The average molecular weight is 989 g/mol. The molecule has 0 aliphatic rings. The van der Waals surface area contributed by atoms with Crippen molar-refractivity contribution in [3.8, 4) is 0 Å². The van der Waals surface area contributed by atoms with E-state index in [0.717, 1.165) is 70.6 Å². The Bertz CT molecular complexity index is 1350. The van der Waals surface area contributed by atoms with Crippen LogP contribution in [0.15, 0.2) is 72.9 Å². The van der Waals surface area contributed by atoms with Gasteiger partial charge in [0.2, 0.25) is 5.91 Å². The highest BCUT2D eigenvalue weighted by Crippen LogP contribution is 2.43. The zero-order valence-electron chi connectivity index (χ0n) is 45.8. The molecule has 3 atom stereocenters. The number of hydrogen-bond acceptors (Lipinski definition) is 5. The minimum atomic E-state index is -4.37. The van der Waals surface area contributed by atoms with E-state index in [0.29, 0.717) is 17.4 Å². The smallest absolute Gasteiger partial charge is 0.387 e. The van der Waals surface area contributed by atoms with Crippen LogP contribution in [0.1, 0.15) is 251 Å². The minimum Gasteiger partial charge on any atom is -0.387 e. The molecule has 0 fully saturated rings. The molecule has 402 valence electrons. The van der Waals surface area contributed by atoms with E-state index in [1.807, 2.05) is 27.2 Å². The van der Waals surface area contributed by atoms with Crippen molar-refractivity contribution >= 4 is 13.7 Å². The Morgan fingerprint density at radius 3 is 1.26 bits per heavy atom. The molecule has 0 bridgehead atoms. The fourth-order valence-electron chi connectivity index (χ4n) is 8.08. The van der Waals surface area contributed by atoms with Crippen LogP contribution in [-0.4, -0.2) is 73.4 Å². The van der Waals surface area contributed by atoms with Gasteiger partial charge in [-0.15, -0.1) is 0 Å². The van der Waals surface area contributed by atoms with Crippen LogP contribution in [0.5, 0.6) is 0 Å². The van der Waals surface area contributed by atoms with Crippen LogP contribution in [0.3, 0.4) is 0 Å². The summed E-state index contributed by atoms with van der Waals surface area (Å²) in [6, 6.07) is -0.881. The molecular weight excluding hydrogens is 876 g/mol. The lowest BCUT2D eigenvalue weighted by atomic mass is 10.0. The maximum Gasteiger partial charge on any atom is 0.472 e. The van der Waals surface area contributed by atoms with Crippen molar-refractivity contribution in [1.29, 1.82) is 0 Å². The summed E-state index contributed by atoms with van der Waals surface area (Å²) >= 11 is 0. The maximum absolute atomic E-state index is 13.0. The number of allylic oxidation sites excluding steroid dienone is 11. The third-order valence-corrected chi connectivity index (χ3v) is 13.6. The maximum atomic E-state index is 13.0. The number of rotatable bonds is 52. The van der Waals surface area contributed by atoms with Gasteiger partial charge in [-0.3, -0.25) is 13.8 Å². The molecule has 0 aromatic rings. The number of hydrogen-bond donors (Lipinski definition) is 3. The first-order valence-corrected chi connectivity index (χ1v) is 30.3. The number of aliphatic hydroxyl groups excluding tert-OH is 1. The highest BCUT2D eigenvalue weighted by atomic mass is 31.2. The molecule has 0 saturated carbocycles. The van der Waals surface area contributed by atoms with Gasteiger partial charge in [-0.1, -0.05) is 234 Å². The third-order valence-electron chi connectivity index (χ3n) is 12.6. The normalized spacial score (nSPS) is 14.5. The number of carbonyl (C=O) groups is 1. The Balaban J connectivity index is 4.34. The molecule has 9 heteroatoms. The van der Waals surface area contributed by atoms with Gasteiger partial charge in [-0.2, -0.15) is 0 Å². The Hall–Kier alpha value is -2.06. The van der Waals surface area contributed by atoms with Gasteiger partial charge in [0.15, 0.2) is 0 Å².